The van der Waals surface area contributed by atoms with E-state index in [0.717, 1.165) is 24.2 Å². The highest BCUT2D eigenvalue weighted by Gasteiger charge is 2.17. The van der Waals surface area contributed by atoms with Crippen LogP contribution in [0.5, 0.6) is 0 Å². The van der Waals surface area contributed by atoms with Gasteiger partial charge in [0.15, 0.2) is 0 Å². The molecule has 1 rings (SSSR count). The summed E-state index contributed by atoms with van der Waals surface area (Å²) in [6.07, 6.45) is 0.971. The Morgan fingerprint density at radius 3 is 2.72 bits per heavy atom. The van der Waals surface area contributed by atoms with Crippen LogP contribution in [0.3, 0.4) is 0 Å². The fraction of sp³-hybridized carbons (Fsp3) is 0.500. The van der Waals surface area contributed by atoms with Crippen molar-refractivity contribution in [1.29, 1.82) is 0 Å². The van der Waals surface area contributed by atoms with Gasteiger partial charge in [-0.2, -0.15) is 0 Å². The van der Waals surface area contributed by atoms with E-state index in [1.54, 1.807) is 6.92 Å². The Morgan fingerprint density at radius 1 is 1.50 bits per heavy atom. The Bertz CT molecular complexity index is 420. The van der Waals surface area contributed by atoms with E-state index in [2.05, 4.69) is 11.8 Å². The lowest BCUT2D eigenvalue weighted by molar-refractivity contribution is -0.140. The number of carbonyl (C=O) groups is 1. The molecular formula is C14H20ClNO2. The number of carboxylic acids is 1. The van der Waals surface area contributed by atoms with Crippen LogP contribution in [-0.2, 0) is 4.79 Å². The molecule has 100 valence electrons. The summed E-state index contributed by atoms with van der Waals surface area (Å²) >= 11 is 6.02. The third-order valence-electron chi connectivity index (χ3n) is 2.92. The van der Waals surface area contributed by atoms with Gasteiger partial charge < -0.3 is 10.0 Å². The van der Waals surface area contributed by atoms with Crippen LogP contribution in [0.4, 0.5) is 5.69 Å². The van der Waals surface area contributed by atoms with Crippen LogP contribution in [0.25, 0.3) is 0 Å². The molecule has 4 heteroatoms. The summed E-state index contributed by atoms with van der Waals surface area (Å²) in [5.41, 5.74) is 2.14. The molecule has 0 aliphatic carbocycles. The summed E-state index contributed by atoms with van der Waals surface area (Å²) in [7, 11) is 0. The van der Waals surface area contributed by atoms with Crippen LogP contribution in [0.1, 0.15) is 25.8 Å². The number of nitrogens with zero attached hydrogens (tertiary/aromatic N) is 1. The predicted molar refractivity (Wildman–Crippen MR) is 75.5 cm³/mol. The first-order valence-corrected chi connectivity index (χ1v) is 6.57. The number of hydrogen-bond donors (Lipinski definition) is 1. The lowest BCUT2D eigenvalue weighted by atomic mass is 10.1. The van der Waals surface area contributed by atoms with Gasteiger partial charge in [0.2, 0.25) is 0 Å². The second kappa shape index (κ2) is 6.64. The highest BCUT2D eigenvalue weighted by atomic mass is 35.5. The molecule has 0 aromatic heterocycles. The van der Waals surface area contributed by atoms with Gasteiger partial charge in [-0.15, -0.1) is 0 Å². The van der Waals surface area contributed by atoms with Crippen molar-refractivity contribution in [3.05, 3.63) is 28.8 Å². The quantitative estimate of drug-likeness (QED) is 0.858. The van der Waals surface area contributed by atoms with E-state index in [4.69, 9.17) is 16.7 Å². The number of rotatable bonds is 6. The molecule has 18 heavy (non-hydrogen) atoms. The van der Waals surface area contributed by atoms with Gasteiger partial charge in [0.05, 0.1) is 5.92 Å². The third kappa shape index (κ3) is 3.91. The summed E-state index contributed by atoms with van der Waals surface area (Å²) in [6.45, 7) is 7.16. The molecule has 1 unspecified atom stereocenters. The summed E-state index contributed by atoms with van der Waals surface area (Å²) in [5, 5.41) is 9.70. The van der Waals surface area contributed by atoms with Crippen LogP contribution in [0.2, 0.25) is 5.02 Å². The van der Waals surface area contributed by atoms with E-state index < -0.39 is 11.9 Å². The van der Waals surface area contributed by atoms with Gasteiger partial charge in [-0.1, -0.05) is 31.5 Å². The van der Waals surface area contributed by atoms with Gasteiger partial charge in [-0.05, 0) is 31.0 Å². The van der Waals surface area contributed by atoms with Crippen molar-refractivity contribution < 1.29 is 9.90 Å². The number of aryl methyl sites for hydroxylation is 1. The topological polar surface area (TPSA) is 40.5 Å². The van der Waals surface area contributed by atoms with Crippen LogP contribution in [-0.4, -0.2) is 24.2 Å². The summed E-state index contributed by atoms with van der Waals surface area (Å²) in [4.78, 5) is 13.1. The molecule has 0 saturated carbocycles. The van der Waals surface area contributed by atoms with Crippen molar-refractivity contribution in [3.8, 4) is 0 Å². The van der Waals surface area contributed by atoms with Crippen molar-refractivity contribution in [3.63, 3.8) is 0 Å². The molecule has 0 aliphatic rings. The van der Waals surface area contributed by atoms with Gasteiger partial charge in [0, 0.05) is 23.8 Å². The Hall–Kier alpha value is -1.22. The fourth-order valence-electron chi connectivity index (χ4n) is 1.91. The summed E-state index contributed by atoms with van der Waals surface area (Å²) in [5.74, 6) is -1.16. The Morgan fingerprint density at radius 2 is 2.17 bits per heavy atom. The lowest BCUT2D eigenvalue weighted by Crippen LogP contribution is -2.33. The van der Waals surface area contributed by atoms with Crippen molar-refractivity contribution in [2.45, 2.75) is 27.2 Å². The first-order valence-electron chi connectivity index (χ1n) is 6.19. The third-order valence-corrected chi connectivity index (χ3v) is 3.16. The average molecular weight is 270 g/mol. The first kappa shape index (κ1) is 14.8. The van der Waals surface area contributed by atoms with Crippen LogP contribution < -0.4 is 4.90 Å². The van der Waals surface area contributed by atoms with Crippen LogP contribution >= 0.6 is 11.6 Å². The highest BCUT2D eigenvalue weighted by Crippen LogP contribution is 2.25. The van der Waals surface area contributed by atoms with Gasteiger partial charge in [-0.3, -0.25) is 4.79 Å². The SMILES string of the molecule is CCCN(CC(C)C(=O)O)c1cc(Cl)ccc1C. The minimum absolute atomic E-state index is 0.394. The molecule has 0 radical (unpaired) electrons. The van der Waals surface area contributed by atoms with E-state index in [1.165, 1.54) is 0 Å². The minimum atomic E-state index is -0.768. The van der Waals surface area contributed by atoms with E-state index in [9.17, 15) is 4.79 Å². The second-order valence-electron chi connectivity index (χ2n) is 4.62. The zero-order chi connectivity index (χ0) is 13.7. The van der Waals surface area contributed by atoms with Gasteiger partial charge in [0.25, 0.3) is 0 Å². The van der Waals surface area contributed by atoms with Gasteiger partial charge >= 0.3 is 5.97 Å². The van der Waals surface area contributed by atoms with E-state index >= 15 is 0 Å². The molecule has 1 aromatic carbocycles. The van der Waals surface area contributed by atoms with Gasteiger partial charge in [-0.25, -0.2) is 0 Å². The van der Waals surface area contributed by atoms with E-state index in [-0.39, 0.29) is 0 Å². The maximum Gasteiger partial charge on any atom is 0.308 e. The largest absolute Gasteiger partial charge is 0.481 e. The van der Waals surface area contributed by atoms with Gasteiger partial charge in [0.1, 0.15) is 0 Å². The average Bonchev–Trinajstić information content (AvgIpc) is 2.31. The fourth-order valence-corrected chi connectivity index (χ4v) is 2.08. The first-order chi connectivity index (χ1) is 8.45. The number of anilines is 1. The summed E-state index contributed by atoms with van der Waals surface area (Å²) < 4.78 is 0. The number of carboxylic acid groups (broad SMARTS) is 1. The smallest absolute Gasteiger partial charge is 0.308 e. The maximum atomic E-state index is 11.0. The molecule has 0 spiro atoms. The van der Waals surface area contributed by atoms with Crippen molar-refractivity contribution in [2.75, 3.05) is 18.0 Å². The Kier molecular flexibility index (Phi) is 5.48. The van der Waals surface area contributed by atoms with Crippen LogP contribution in [0, 0.1) is 12.8 Å². The minimum Gasteiger partial charge on any atom is -0.481 e. The molecule has 0 saturated heterocycles. The Labute approximate surface area is 113 Å². The van der Waals surface area contributed by atoms with Crippen molar-refractivity contribution in [2.24, 2.45) is 5.92 Å². The standard InChI is InChI=1S/C14H20ClNO2/c1-4-7-16(9-11(3)14(17)18)13-8-12(15)6-5-10(13)2/h5-6,8,11H,4,7,9H2,1-3H3,(H,17,18). The molecular weight excluding hydrogens is 250 g/mol. The lowest BCUT2D eigenvalue weighted by Gasteiger charge is -2.28. The molecule has 0 fully saturated rings. The maximum absolute atomic E-state index is 11.0. The molecule has 3 nitrogen and oxygen atoms in total. The highest BCUT2D eigenvalue weighted by molar-refractivity contribution is 6.30. The molecule has 0 heterocycles. The number of benzene rings is 1. The van der Waals surface area contributed by atoms with Crippen molar-refractivity contribution >= 4 is 23.3 Å². The molecule has 1 N–H and O–H groups in total. The summed E-state index contributed by atoms with van der Waals surface area (Å²) in [6, 6.07) is 5.72. The number of halogens is 1. The molecule has 0 amide bonds. The molecule has 1 aromatic rings. The predicted octanol–water partition coefficient (Wildman–Crippen LogP) is 3.59. The van der Waals surface area contributed by atoms with Crippen LogP contribution in [0.15, 0.2) is 18.2 Å². The zero-order valence-electron chi connectivity index (χ0n) is 11.1. The van der Waals surface area contributed by atoms with E-state index in [1.807, 2.05) is 25.1 Å². The normalized spacial score (nSPS) is 12.2. The van der Waals surface area contributed by atoms with E-state index in [0.29, 0.717) is 11.6 Å². The number of aliphatic carboxylic acids is 1. The molecule has 1 atom stereocenters. The molecule has 0 bridgehead atoms. The zero-order valence-corrected chi connectivity index (χ0v) is 11.9. The second-order valence-corrected chi connectivity index (χ2v) is 5.05. The number of hydrogen-bond acceptors (Lipinski definition) is 2. The Balaban J connectivity index is 2.96. The molecule has 0 aliphatic heterocycles. The monoisotopic (exact) mass is 269 g/mol. The van der Waals surface area contributed by atoms with Crippen molar-refractivity contribution in [1.82, 2.24) is 0 Å².